The smallest absolute Gasteiger partial charge is 0.212 e. The zero-order valence-corrected chi connectivity index (χ0v) is 11.7. The van der Waals surface area contributed by atoms with Crippen LogP contribution in [-0.2, 0) is 10.0 Å². The highest BCUT2D eigenvalue weighted by Gasteiger charge is 2.25. The number of hydrogen-bond acceptors (Lipinski definition) is 3. The fourth-order valence-electron chi connectivity index (χ4n) is 2.10. The maximum Gasteiger partial charge on any atom is 0.212 e. The van der Waals surface area contributed by atoms with Crippen molar-refractivity contribution in [3.63, 3.8) is 0 Å². The van der Waals surface area contributed by atoms with Crippen LogP contribution in [0, 0.1) is 5.82 Å². The Kier molecular flexibility index (Phi) is 4.42. The first-order chi connectivity index (χ1) is 9.02. The molecule has 0 fully saturated rings. The Morgan fingerprint density at radius 1 is 1.47 bits per heavy atom. The Labute approximate surface area is 113 Å². The second kappa shape index (κ2) is 5.88. The van der Waals surface area contributed by atoms with Crippen molar-refractivity contribution in [1.82, 2.24) is 4.72 Å². The van der Waals surface area contributed by atoms with Crippen LogP contribution in [0.5, 0.6) is 5.75 Å². The molecule has 0 spiro atoms. The minimum Gasteiger partial charge on any atom is -0.493 e. The Balaban J connectivity index is 2.17. The van der Waals surface area contributed by atoms with Gasteiger partial charge in [0.15, 0.2) is 0 Å². The topological polar surface area (TPSA) is 55.4 Å². The van der Waals surface area contributed by atoms with Gasteiger partial charge >= 0.3 is 0 Å². The predicted octanol–water partition coefficient (Wildman–Crippen LogP) is 2.37. The molecule has 0 aromatic heterocycles. The first-order valence-corrected chi connectivity index (χ1v) is 8.09. The maximum absolute atomic E-state index is 13.3. The summed E-state index contributed by atoms with van der Waals surface area (Å²) >= 11 is 0. The summed E-state index contributed by atoms with van der Waals surface area (Å²) in [5.74, 6) is 0.267. The highest BCUT2D eigenvalue weighted by molar-refractivity contribution is 7.89. The fourth-order valence-corrected chi connectivity index (χ4v) is 3.56. The zero-order valence-electron chi connectivity index (χ0n) is 10.9. The van der Waals surface area contributed by atoms with E-state index in [-0.39, 0.29) is 11.6 Å². The van der Waals surface area contributed by atoms with Gasteiger partial charge in [-0.05, 0) is 24.6 Å². The number of benzene rings is 1. The molecular formula is C13H18FNO3S. The normalized spacial score (nSPS) is 18.7. The van der Waals surface area contributed by atoms with E-state index < -0.39 is 16.1 Å². The van der Waals surface area contributed by atoms with E-state index in [2.05, 4.69) is 4.72 Å². The van der Waals surface area contributed by atoms with Gasteiger partial charge in [0.25, 0.3) is 0 Å². The van der Waals surface area contributed by atoms with E-state index in [1.54, 1.807) is 0 Å². The molecule has 1 N–H and O–H groups in total. The average molecular weight is 287 g/mol. The summed E-state index contributed by atoms with van der Waals surface area (Å²) in [6.07, 6.45) is 1.95. The lowest BCUT2D eigenvalue weighted by molar-refractivity contribution is 0.262. The highest BCUT2D eigenvalue weighted by atomic mass is 32.2. The van der Waals surface area contributed by atoms with Crippen molar-refractivity contribution in [2.75, 3.05) is 12.4 Å². The van der Waals surface area contributed by atoms with E-state index in [4.69, 9.17) is 4.74 Å². The molecular weight excluding hydrogens is 269 g/mol. The van der Waals surface area contributed by atoms with E-state index in [1.807, 2.05) is 6.92 Å². The number of unbranched alkanes of at least 4 members (excludes halogenated alkanes) is 1. The van der Waals surface area contributed by atoms with E-state index in [1.165, 1.54) is 18.2 Å². The van der Waals surface area contributed by atoms with Gasteiger partial charge in [-0.3, -0.25) is 0 Å². The van der Waals surface area contributed by atoms with Gasteiger partial charge in [0.05, 0.1) is 18.4 Å². The molecule has 0 aliphatic carbocycles. The fraction of sp³-hybridized carbons (Fsp3) is 0.538. The van der Waals surface area contributed by atoms with Gasteiger partial charge in [-0.2, -0.15) is 0 Å². The van der Waals surface area contributed by atoms with Crippen LogP contribution in [0.3, 0.4) is 0 Å². The zero-order chi connectivity index (χ0) is 13.9. The lowest BCUT2D eigenvalue weighted by Gasteiger charge is -2.26. The molecule has 0 radical (unpaired) electrons. The van der Waals surface area contributed by atoms with Gasteiger partial charge in [0.2, 0.25) is 10.0 Å². The number of nitrogens with one attached hydrogen (secondary N) is 1. The molecule has 19 heavy (non-hydrogen) atoms. The number of fused-ring (bicyclic) bond motifs is 1. The molecule has 1 aromatic carbocycles. The number of rotatable bonds is 5. The number of sulfonamides is 1. The lowest BCUT2D eigenvalue weighted by atomic mass is 10.0. The molecule has 4 nitrogen and oxygen atoms in total. The third kappa shape index (κ3) is 3.67. The average Bonchev–Trinajstić information content (AvgIpc) is 2.37. The van der Waals surface area contributed by atoms with Crippen LogP contribution < -0.4 is 9.46 Å². The molecule has 0 amide bonds. The second-order valence-corrected chi connectivity index (χ2v) is 6.54. The molecule has 0 saturated heterocycles. The Bertz CT molecular complexity index is 545. The maximum atomic E-state index is 13.3. The molecule has 1 atom stereocenters. The van der Waals surface area contributed by atoms with Gasteiger partial charge in [-0.15, -0.1) is 0 Å². The molecule has 1 aliphatic rings. The summed E-state index contributed by atoms with van der Waals surface area (Å²) in [6, 6.07) is 3.78. The van der Waals surface area contributed by atoms with Crippen molar-refractivity contribution >= 4 is 10.0 Å². The Morgan fingerprint density at radius 3 is 3.00 bits per heavy atom. The monoisotopic (exact) mass is 287 g/mol. The van der Waals surface area contributed by atoms with Crippen molar-refractivity contribution in [2.45, 2.75) is 32.2 Å². The van der Waals surface area contributed by atoms with Gasteiger partial charge in [-0.25, -0.2) is 17.5 Å². The molecule has 2 rings (SSSR count). The van der Waals surface area contributed by atoms with E-state index >= 15 is 0 Å². The molecule has 1 unspecified atom stereocenters. The van der Waals surface area contributed by atoms with Crippen LogP contribution in [0.15, 0.2) is 18.2 Å². The minimum atomic E-state index is -3.33. The minimum absolute atomic E-state index is 0.103. The summed E-state index contributed by atoms with van der Waals surface area (Å²) in [4.78, 5) is 0. The van der Waals surface area contributed by atoms with Crippen molar-refractivity contribution in [2.24, 2.45) is 0 Å². The Hall–Kier alpha value is -1.14. The van der Waals surface area contributed by atoms with Crippen molar-refractivity contribution in [3.8, 4) is 5.75 Å². The summed E-state index contributed by atoms with van der Waals surface area (Å²) in [5, 5.41) is 0. The summed E-state index contributed by atoms with van der Waals surface area (Å²) in [5.41, 5.74) is 0.575. The molecule has 6 heteroatoms. The standard InChI is InChI=1S/C13H18FNO3S/c1-2-3-8-19(16,17)15-12-6-7-18-13-5-4-10(14)9-11(12)13/h4-5,9,12,15H,2-3,6-8H2,1H3. The van der Waals surface area contributed by atoms with Crippen LogP contribution in [-0.4, -0.2) is 20.8 Å². The van der Waals surface area contributed by atoms with E-state index in [9.17, 15) is 12.8 Å². The highest BCUT2D eigenvalue weighted by Crippen LogP contribution is 2.32. The van der Waals surface area contributed by atoms with Gasteiger partial charge < -0.3 is 4.74 Å². The van der Waals surface area contributed by atoms with Crippen LogP contribution in [0.25, 0.3) is 0 Å². The predicted molar refractivity (Wildman–Crippen MR) is 71.1 cm³/mol. The van der Waals surface area contributed by atoms with Crippen molar-refractivity contribution in [1.29, 1.82) is 0 Å². The summed E-state index contributed by atoms with van der Waals surface area (Å²) in [6.45, 7) is 2.37. The summed E-state index contributed by atoms with van der Waals surface area (Å²) in [7, 11) is -3.33. The molecule has 0 saturated carbocycles. The second-order valence-electron chi connectivity index (χ2n) is 4.66. The van der Waals surface area contributed by atoms with Gasteiger partial charge in [0, 0.05) is 12.0 Å². The summed E-state index contributed by atoms with van der Waals surface area (Å²) < 4.78 is 45.1. The largest absolute Gasteiger partial charge is 0.493 e. The number of ether oxygens (including phenoxy) is 1. The van der Waals surface area contributed by atoms with E-state index in [0.717, 1.165) is 6.42 Å². The van der Waals surface area contributed by atoms with Crippen LogP contribution >= 0.6 is 0 Å². The van der Waals surface area contributed by atoms with Crippen LogP contribution in [0.1, 0.15) is 37.8 Å². The Morgan fingerprint density at radius 2 is 2.26 bits per heavy atom. The first kappa shape index (κ1) is 14.3. The molecule has 106 valence electrons. The third-order valence-electron chi connectivity index (χ3n) is 3.10. The van der Waals surface area contributed by atoms with Crippen molar-refractivity contribution < 1.29 is 17.5 Å². The van der Waals surface area contributed by atoms with Gasteiger partial charge in [-0.1, -0.05) is 13.3 Å². The SMILES string of the molecule is CCCCS(=O)(=O)NC1CCOc2ccc(F)cc21. The number of halogens is 1. The number of hydrogen-bond donors (Lipinski definition) is 1. The van der Waals surface area contributed by atoms with E-state index in [0.29, 0.717) is 30.8 Å². The molecule has 0 bridgehead atoms. The van der Waals surface area contributed by atoms with Gasteiger partial charge in [0.1, 0.15) is 11.6 Å². The third-order valence-corrected chi connectivity index (χ3v) is 4.57. The quantitative estimate of drug-likeness (QED) is 0.904. The van der Waals surface area contributed by atoms with Crippen LogP contribution in [0.4, 0.5) is 4.39 Å². The molecule has 1 heterocycles. The first-order valence-electron chi connectivity index (χ1n) is 6.44. The molecule has 1 aromatic rings. The van der Waals surface area contributed by atoms with Crippen LogP contribution in [0.2, 0.25) is 0 Å². The molecule has 1 aliphatic heterocycles. The van der Waals surface area contributed by atoms with Crippen molar-refractivity contribution in [3.05, 3.63) is 29.6 Å². The lowest BCUT2D eigenvalue weighted by Crippen LogP contribution is -2.33.